The van der Waals surface area contributed by atoms with E-state index in [0.29, 0.717) is 5.56 Å². The van der Waals surface area contributed by atoms with E-state index < -0.39 is 5.97 Å². The zero-order valence-electron chi connectivity index (χ0n) is 13.3. The van der Waals surface area contributed by atoms with Crippen molar-refractivity contribution in [2.45, 2.75) is 0 Å². The second-order valence-electron chi connectivity index (χ2n) is 5.90. The number of rotatable bonds is 3. The van der Waals surface area contributed by atoms with E-state index in [4.69, 9.17) is 0 Å². The van der Waals surface area contributed by atoms with Crippen molar-refractivity contribution in [1.29, 1.82) is 0 Å². The third-order valence-electron chi connectivity index (χ3n) is 4.41. The van der Waals surface area contributed by atoms with Crippen molar-refractivity contribution >= 4 is 33.3 Å². The van der Waals surface area contributed by atoms with Crippen molar-refractivity contribution in [1.82, 2.24) is 0 Å². The van der Waals surface area contributed by atoms with E-state index in [0.717, 1.165) is 21.5 Å². The summed E-state index contributed by atoms with van der Waals surface area (Å²) in [5, 5.41) is 13.5. The maximum absolute atomic E-state index is 12.9. The first-order valence-electron chi connectivity index (χ1n) is 7.94. The quantitative estimate of drug-likeness (QED) is 0.429. The molecule has 0 radical (unpaired) electrons. The molecule has 0 aromatic heterocycles. The summed E-state index contributed by atoms with van der Waals surface area (Å²) in [4.78, 5) is 24.3. The molecule has 0 unspecified atom stereocenters. The molecular weight excluding hydrogens is 312 g/mol. The Morgan fingerprint density at radius 2 is 1.24 bits per heavy atom. The number of aromatic carboxylic acids is 1. The number of carboxylic acid groups (broad SMARTS) is 1. The topological polar surface area (TPSA) is 54.4 Å². The predicted molar refractivity (Wildman–Crippen MR) is 98.3 cm³/mol. The molecule has 0 spiro atoms. The Morgan fingerprint density at radius 3 is 2.00 bits per heavy atom. The molecule has 1 N–H and O–H groups in total. The number of benzene rings is 4. The lowest BCUT2D eigenvalue weighted by Crippen LogP contribution is -2.09. The van der Waals surface area contributed by atoms with Crippen molar-refractivity contribution in [3.05, 3.63) is 95.6 Å². The van der Waals surface area contributed by atoms with Crippen LogP contribution in [0.1, 0.15) is 26.3 Å². The van der Waals surface area contributed by atoms with Crippen molar-refractivity contribution < 1.29 is 14.7 Å². The number of hydrogen-bond acceptors (Lipinski definition) is 2. The fourth-order valence-corrected chi connectivity index (χ4v) is 3.17. The van der Waals surface area contributed by atoms with Crippen LogP contribution in [-0.4, -0.2) is 16.9 Å². The van der Waals surface area contributed by atoms with Gasteiger partial charge in [-0.15, -0.1) is 0 Å². The first-order chi connectivity index (χ1) is 12.1. The third-order valence-corrected chi connectivity index (χ3v) is 4.41. The third kappa shape index (κ3) is 2.56. The van der Waals surface area contributed by atoms with Crippen molar-refractivity contribution in [3.63, 3.8) is 0 Å². The highest BCUT2D eigenvalue weighted by atomic mass is 16.4. The lowest BCUT2D eigenvalue weighted by Gasteiger charge is -2.08. The van der Waals surface area contributed by atoms with Crippen LogP contribution in [0.25, 0.3) is 21.5 Å². The van der Waals surface area contributed by atoms with Gasteiger partial charge in [-0.1, -0.05) is 66.7 Å². The highest BCUT2D eigenvalue weighted by Crippen LogP contribution is 2.27. The fourth-order valence-electron chi connectivity index (χ4n) is 3.17. The van der Waals surface area contributed by atoms with E-state index in [9.17, 15) is 14.7 Å². The Hall–Kier alpha value is -3.46. The van der Waals surface area contributed by atoms with Gasteiger partial charge in [0.05, 0.1) is 5.56 Å². The van der Waals surface area contributed by atoms with Crippen molar-refractivity contribution in [2.75, 3.05) is 0 Å². The molecule has 120 valence electrons. The largest absolute Gasteiger partial charge is 0.478 e. The molecule has 25 heavy (non-hydrogen) atoms. The minimum absolute atomic E-state index is 0.0190. The first kappa shape index (κ1) is 15.1. The molecule has 0 saturated heterocycles. The van der Waals surface area contributed by atoms with Gasteiger partial charge in [0.25, 0.3) is 0 Å². The normalized spacial score (nSPS) is 10.9. The summed E-state index contributed by atoms with van der Waals surface area (Å²) in [6.07, 6.45) is 0. The van der Waals surface area contributed by atoms with Gasteiger partial charge >= 0.3 is 5.97 Å². The van der Waals surface area contributed by atoms with Gasteiger partial charge in [0.1, 0.15) is 0 Å². The number of hydrogen-bond donors (Lipinski definition) is 1. The predicted octanol–water partition coefficient (Wildman–Crippen LogP) is 4.92. The maximum Gasteiger partial charge on any atom is 0.336 e. The van der Waals surface area contributed by atoms with Gasteiger partial charge in [-0.2, -0.15) is 0 Å². The molecule has 0 heterocycles. The Labute approximate surface area is 144 Å². The van der Waals surface area contributed by atoms with E-state index in [1.54, 1.807) is 24.3 Å². The molecule has 4 aromatic carbocycles. The second-order valence-corrected chi connectivity index (χ2v) is 5.90. The summed E-state index contributed by atoms with van der Waals surface area (Å²) in [7, 11) is 0. The SMILES string of the molecule is O=C(O)c1ccccc1C(=O)c1ccc2ccc3ccccc3c2c1. The molecule has 0 aliphatic rings. The number of carbonyl (C=O) groups excluding carboxylic acids is 1. The van der Waals surface area contributed by atoms with Crippen molar-refractivity contribution in [2.24, 2.45) is 0 Å². The summed E-state index contributed by atoms with van der Waals surface area (Å²) in [5.74, 6) is -1.39. The summed E-state index contributed by atoms with van der Waals surface area (Å²) >= 11 is 0. The van der Waals surface area contributed by atoms with Crippen LogP contribution >= 0.6 is 0 Å². The smallest absolute Gasteiger partial charge is 0.336 e. The Bertz CT molecular complexity index is 1140. The summed E-state index contributed by atoms with van der Waals surface area (Å²) in [5.41, 5.74) is 0.706. The maximum atomic E-state index is 12.9. The zero-order chi connectivity index (χ0) is 17.4. The van der Waals surface area contributed by atoms with Gasteiger partial charge in [-0.3, -0.25) is 4.79 Å². The van der Waals surface area contributed by atoms with Gasteiger partial charge in [0.15, 0.2) is 5.78 Å². The summed E-state index contributed by atoms with van der Waals surface area (Å²) < 4.78 is 0. The molecule has 4 aromatic rings. The number of ketones is 1. The van der Waals surface area contributed by atoms with Crippen LogP contribution in [0.15, 0.2) is 78.9 Å². The molecule has 3 nitrogen and oxygen atoms in total. The van der Waals surface area contributed by atoms with Crippen LogP contribution in [0, 0.1) is 0 Å². The molecule has 0 atom stereocenters. The van der Waals surface area contributed by atoms with Gasteiger partial charge < -0.3 is 5.11 Å². The summed E-state index contributed by atoms with van der Waals surface area (Å²) in [6, 6.07) is 23.9. The minimum atomic E-state index is -1.10. The monoisotopic (exact) mass is 326 g/mol. The number of fused-ring (bicyclic) bond motifs is 3. The van der Waals surface area contributed by atoms with Crippen LogP contribution in [0.3, 0.4) is 0 Å². The highest BCUT2D eigenvalue weighted by Gasteiger charge is 2.17. The molecule has 0 aliphatic carbocycles. The molecular formula is C22H14O3. The van der Waals surface area contributed by atoms with Gasteiger partial charge in [-0.25, -0.2) is 4.79 Å². The van der Waals surface area contributed by atoms with Crippen LogP contribution in [0.2, 0.25) is 0 Å². The Kier molecular flexibility index (Phi) is 3.55. The Morgan fingerprint density at radius 1 is 0.640 bits per heavy atom. The molecule has 0 aliphatic heterocycles. The lowest BCUT2D eigenvalue weighted by molar-refractivity contribution is 0.0693. The van der Waals surface area contributed by atoms with Crippen LogP contribution in [0.4, 0.5) is 0 Å². The zero-order valence-corrected chi connectivity index (χ0v) is 13.3. The van der Waals surface area contributed by atoms with Crippen molar-refractivity contribution in [3.8, 4) is 0 Å². The van der Waals surface area contributed by atoms with E-state index in [1.165, 1.54) is 6.07 Å². The average Bonchev–Trinajstić information content (AvgIpc) is 2.67. The molecule has 4 rings (SSSR count). The van der Waals surface area contributed by atoms with E-state index in [2.05, 4.69) is 6.07 Å². The van der Waals surface area contributed by atoms with E-state index in [-0.39, 0.29) is 16.9 Å². The lowest BCUT2D eigenvalue weighted by atomic mass is 9.94. The van der Waals surface area contributed by atoms with Crippen LogP contribution in [-0.2, 0) is 0 Å². The Balaban J connectivity index is 1.91. The number of carbonyl (C=O) groups is 2. The van der Waals surface area contributed by atoms with Crippen LogP contribution < -0.4 is 0 Å². The number of carboxylic acids is 1. The standard InChI is InChI=1S/C22H14O3/c23-21(18-7-3-4-8-19(18)22(24)25)16-12-11-15-10-9-14-5-1-2-6-17(14)20(15)13-16/h1-13H,(H,24,25). The molecule has 3 heteroatoms. The second kappa shape index (κ2) is 5.87. The van der Waals surface area contributed by atoms with Gasteiger partial charge in [0, 0.05) is 11.1 Å². The minimum Gasteiger partial charge on any atom is -0.478 e. The van der Waals surface area contributed by atoms with Gasteiger partial charge in [0.2, 0.25) is 0 Å². The first-order valence-corrected chi connectivity index (χ1v) is 7.94. The highest BCUT2D eigenvalue weighted by molar-refractivity contribution is 6.17. The average molecular weight is 326 g/mol. The van der Waals surface area contributed by atoms with Gasteiger partial charge in [-0.05, 0) is 33.7 Å². The van der Waals surface area contributed by atoms with E-state index in [1.807, 2.05) is 42.5 Å². The molecule has 0 bridgehead atoms. The fraction of sp³-hybridized carbons (Fsp3) is 0. The van der Waals surface area contributed by atoms with E-state index >= 15 is 0 Å². The molecule has 0 saturated carbocycles. The summed E-state index contributed by atoms with van der Waals surface area (Å²) in [6.45, 7) is 0. The molecule has 0 amide bonds. The molecule has 0 fully saturated rings. The van der Waals surface area contributed by atoms with Crippen LogP contribution in [0.5, 0.6) is 0 Å².